The lowest BCUT2D eigenvalue weighted by molar-refractivity contribution is 0.409. The molecule has 1 atom stereocenters. The maximum absolute atomic E-state index is 10.8. The number of rotatable bonds is 2. The molecular weight excluding hydrogens is 284 g/mol. The van der Waals surface area contributed by atoms with E-state index >= 15 is 0 Å². The number of benzene rings is 2. The lowest BCUT2D eigenvalue weighted by atomic mass is 9.75. The maximum atomic E-state index is 10.8. The summed E-state index contributed by atoms with van der Waals surface area (Å²) in [5, 5.41) is 20.7. The number of fused-ring (bicyclic) bond motifs is 1. The highest BCUT2D eigenvalue weighted by Gasteiger charge is 2.47. The quantitative estimate of drug-likeness (QED) is 0.799. The van der Waals surface area contributed by atoms with Gasteiger partial charge in [0.2, 0.25) is 0 Å². The van der Waals surface area contributed by atoms with Crippen LogP contribution in [0.25, 0.3) is 0 Å². The first-order chi connectivity index (χ1) is 10.6. The van der Waals surface area contributed by atoms with Gasteiger partial charge in [0.25, 0.3) is 0 Å². The third kappa shape index (κ3) is 2.41. The van der Waals surface area contributed by atoms with Crippen LogP contribution in [0.1, 0.15) is 69.2 Å². The van der Waals surface area contributed by atoms with Gasteiger partial charge in [-0.25, -0.2) is 0 Å². The Morgan fingerprint density at radius 1 is 1.00 bits per heavy atom. The summed E-state index contributed by atoms with van der Waals surface area (Å²) in [6.45, 7) is 11.0. The van der Waals surface area contributed by atoms with Crippen LogP contribution >= 0.6 is 0 Å². The zero-order valence-corrected chi connectivity index (χ0v) is 14.6. The highest BCUT2D eigenvalue weighted by Crippen LogP contribution is 2.56. The van der Waals surface area contributed by atoms with Crippen LogP contribution in [0.15, 0.2) is 36.4 Å². The molecule has 23 heavy (non-hydrogen) atoms. The molecular formula is C21H26O2. The molecule has 1 aliphatic rings. The molecule has 122 valence electrons. The van der Waals surface area contributed by atoms with Crippen molar-refractivity contribution < 1.29 is 10.2 Å². The van der Waals surface area contributed by atoms with E-state index in [-0.39, 0.29) is 16.6 Å². The second-order valence-corrected chi connectivity index (χ2v) is 8.06. The molecule has 0 aromatic heterocycles. The van der Waals surface area contributed by atoms with Crippen molar-refractivity contribution in [2.24, 2.45) is 0 Å². The third-order valence-electron chi connectivity index (χ3n) is 5.37. The van der Waals surface area contributed by atoms with Gasteiger partial charge in [-0.05, 0) is 52.6 Å². The molecule has 0 bridgehead atoms. The van der Waals surface area contributed by atoms with Gasteiger partial charge >= 0.3 is 0 Å². The van der Waals surface area contributed by atoms with Crippen LogP contribution in [-0.4, -0.2) is 10.2 Å². The highest BCUT2D eigenvalue weighted by atomic mass is 16.3. The molecule has 1 unspecified atom stereocenters. The van der Waals surface area contributed by atoms with E-state index in [0.29, 0.717) is 11.7 Å². The van der Waals surface area contributed by atoms with Crippen molar-refractivity contribution in [3.8, 4) is 11.5 Å². The van der Waals surface area contributed by atoms with E-state index in [1.807, 2.05) is 24.3 Å². The summed E-state index contributed by atoms with van der Waals surface area (Å²) in [6, 6.07) is 11.6. The average Bonchev–Trinajstić information content (AvgIpc) is 2.67. The van der Waals surface area contributed by atoms with Crippen molar-refractivity contribution in [3.05, 3.63) is 58.7 Å². The van der Waals surface area contributed by atoms with Gasteiger partial charge in [0.1, 0.15) is 11.5 Å². The van der Waals surface area contributed by atoms with Crippen LogP contribution in [0.3, 0.4) is 0 Å². The molecule has 2 aromatic rings. The first kappa shape index (κ1) is 15.9. The Balaban J connectivity index is 2.27. The Morgan fingerprint density at radius 3 is 2.30 bits per heavy atom. The lowest BCUT2D eigenvalue weighted by Crippen LogP contribution is -2.23. The van der Waals surface area contributed by atoms with Crippen LogP contribution in [-0.2, 0) is 10.8 Å². The standard InChI is InChI=1S/C21H26O2/c1-13(2)14-9-17-19(18(23)10-14)21(5,12-20(17,3)4)15-7-6-8-16(22)11-15/h6-11,13,22-23H,12H2,1-5H3. The SMILES string of the molecule is CC(C)c1cc(O)c2c(c1)C(C)(C)CC2(C)c1cccc(O)c1. The minimum Gasteiger partial charge on any atom is -0.508 e. The fourth-order valence-electron chi connectivity index (χ4n) is 4.26. The molecule has 0 heterocycles. The Labute approximate surface area is 138 Å². The monoisotopic (exact) mass is 310 g/mol. The Morgan fingerprint density at radius 2 is 1.70 bits per heavy atom. The first-order valence-corrected chi connectivity index (χ1v) is 8.32. The third-order valence-corrected chi connectivity index (χ3v) is 5.37. The van der Waals surface area contributed by atoms with Gasteiger partial charge in [-0.2, -0.15) is 0 Å². The molecule has 0 aliphatic heterocycles. The van der Waals surface area contributed by atoms with Gasteiger partial charge in [-0.15, -0.1) is 0 Å². The van der Waals surface area contributed by atoms with Gasteiger partial charge in [-0.1, -0.05) is 52.8 Å². The average molecular weight is 310 g/mol. The van der Waals surface area contributed by atoms with Crippen molar-refractivity contribution in [3.63, 3.8) is 0 Å². The number of phenolic OH excluding ortho intramolecular Hbond substituents is 2. The van der Waals surface area contributed by atoms with E-state index in [0.717, 1.165) is 17.5 Å². The minimum atomic E-state index is -0.294. The molecule has 0 amide bonds. The normalized spacial score (nSPS) is 22.3. The van der Waals surface area contributed by atoms with Gasteiger partial charge in [0.05, 0.1) is 0 Å². The fourth-order valence-corrected chi connectivity index (χ4v) is 4.26. The molecule has 0 saturated heterocycles. The van der Waals surface area contributed by atoms with Crippen molar-refractivity contribution in [1.29, 1.82) is 0 Å². The van der Waals surface area contributed by atoms with E-state index in [4.69, 9.17) is 0 Å². The van der Waals surface area contributed by atoms with E-state index in [1.54, 1.807) is 6.07 Å². The van der Waals surface area contributed by atoms with Crippen molar-refractivity contribution in [1.82, 2.24) is 0 Å². The van der Waals surface area contributed by atoms with E-state index in [2.05, 4.69) is 40.7 Å². The number of hydrogen-bond acceptors (Lipinski definition) is 2. The van der Waals surface area contributed by atoms with Crippen molar-refractivity contribution in [2.45, 2.75) is 57.8 Å². The number of hydrogen-bond donors (Lipinski definition) is 2. The zero-order chi connectivity index (χ0) is 17.0. The van der Waals surface area contributed by atoms with Crippen LogP contribution in [0.4, 0.5) is 0 Å². The van der Waals surface area contributed by atoms with Gasteiger partial charge in [0.15, 0.2) is 0 Å². The lowest BCUT2D eigenvalue weighted by Gasteiger charge is -2.29. The fraction of sp³-hybridized carbons (Fsp3) is 0.429. The molecule has 0 saturated carbocycles. The molecule has 3 rings (SSSR count). The van der Waals surface area contributed by atoms with Gasteiger partial charge < -0.3 is 10.2 Å². The van der Waals surface area contributed by atoms with Gasteiger partial charge in [-0.3, -0.25) is 0 Å². The molecule has 2 nitrogen and oxygen atoms in total. The summed E-state index contributed by atoms with van der Waals surface area (Å²) >= 11 is 0. The first-order valence-electron chi connectivity index (χ1n) is 8.32. The summed E-state index contributed by atoms with van der Waals surface area (Å²) in [6.07, 6.45) is 0.911. The predicted molar refractivity (Wildman–Crippen MR) is 94.4 cm³/mol. The summed E-state index contributed by atoms with van der Waals surface area (Å²) in [5.74, 6) is 1.03. The highest BCUT2D eigenvalue weighted by molar-refractivity contribution is 5.59. The smallest absolute Gasteiger partial charge is 0.120 e. The molecule has 2 aromatic carbocycles. The molecule has 1 aliphatic carbocycles. The van der Waals surface area contributed by atoms with Crippen LogP contribution in [0, 0.1) is 0 Å². The number of aromatic hydroxyl groups is 2. The Bertz CT molecular complexity index is 758. The maximum Gasteiger partial charge on any atom is 0.120 e. The summed E-state index contributed by atoms with van der Waals surface area (Å²) in [4.78, 5) is 0. The largest absolute Gasteiger partial charge is 0.508 e. The summed E-state index contributed by atoms with van der Waals surface area (Å²) in [5.41, 5.74) is 4.16. The van der Waals surface area contributed by atoms with Crippen LogP contribution < -0.4 is 0 Å². The van der Waals surface area contributed by atoms with E-state index in [1.165, 1.54) is 11.1 Å². The Hall–Kier alpha value is -1.96. The van der Waals surface area contributed by atoms with Crippen LogP contribution in [0.5, 0.6) is 11.5 Å². The molecule has 2 N–H and O–H groups in total. The molecule has 0 spiro atoms. The van der Waals surface area contributed by atoms with E-state index in [9.17, 15) is 10.2 Å². The summed E-state index contributed by atoms with van der Waals surface area (Å²) < 4.78 is 0. The topological polar surface area (TPSA) is 40.5 Å². The molecule has 0 fully saturated rings. The zero-order valence-electron chi connectivity index (χ0n) is 14.6. The van der Waals surface area contributed by atoms with Gasteiger partial charge in [0, 0.05) is 11.0 Å². The molecule has 2 heteroatoms. The second-order valence-electron chi connectivity index (χ2n) is 8.06. The van der Waals surface area contributed by atoms with Crippen molar-refractivity contribution >= 4 is 0 Å². The van der Waals surface area contributed by atoms with Crippen molar-refractivity contribution in [2.75, 3.05) is 0 Å². The minimum absolute atomic E-state index is 0.0159. The van der Waals surface area contributed by atoms with Crippen LogP contribution in [0.2, 0.25) is 0 Å². The Kier molecular flexibility index (Phi) is 3.47. The second kappa shape index (κ2) is 5.02. The molecule has 0 radical (unpaired) electrons. The summed E-state index contributed by atoms with van der Waals surface area (Å²) in [7, 11) is 0. The number of phenols is 2. The predicted octanol–water partition coefficient (Wildman–Crippen LogP) is 5.21. The van der Waals surface area contributed by atoms with E-state index < -0.39 is 0 Å².